The minimum absolute atomic E-state index is 0.109. The van der Waals surface area contributed by atoms with Crippen molar-refractivity contribution in [2.45, 2.75) is 51.5 Å². The van der Waals surface area contributed by atoms with Crippen LogP contribution in [0.2, 0.25) is 0 Å². The molecule has 0 bridgehead atoms. The predicted molar refractivity (Wildman–Crippen MR) is 165 cm³/mol. The topological polar surface area (TPSA) is 161 Å². The number of phenols is 1. The second kappa shape index (κ2) is 15.6. The van der Waals surface area contributed by atoms with Gasteiger partial charge in [0.15, 0.2) is 5.96 Å². The Kier molecular flexibility index (Phi) is 11.4. The van der Waals surface area contributed by atoms with Crippen molar-refractivity contribution in [1.29, 1.82) is 0 Å². The van der Waals surface area contributed by atoms with E-state index in [4.69, 9.17) is 5.73 Å². The molecule has 0 aromatic heterocycles. The Bertz CT molecular complexity index is 1490. The van der Waals surface area contributed by atoms with E-state index < -0.39 is 59.4 Å². The fourth-order valence-corrected chi connectivity index (χ4v) is 5.14. The third kappa shape index (κ3) is 8.99. The van der Waals surface area contributed by atoms with Gasteiger partial charge in [-0.05, 0) is 36.5 Å². The minimum Gasteiger partial charge on any atom is -0.508 e. The molecular weight excluding hydrogens is 584 g/mol. The maximum absolute atomic E-state index is 14.3. The Morgan fingerprint density at radius 1 is 0.956 bits per heavy atom. The van der Waals surface area contributed by atoms with Crippen LogP contribution in [0.15, 0.2) is 71.7 Å². The summed E-state index contributed by atoms with van der Waals surface area (Å²) in [5.41, 5.74) is 8.28. The largest absolute Gasteiger partial charge is 0.508 e. The molecule has 11 nitrogen and oxygen atoms in total. The number of halogens is 2. The SMILES string of the molecule is CCNC(=O)NC(N)=NCCCC(NC(=O)C(c1ccccc1)N1Cc2ccccc2C1)C(=O)NCc1c(F)cc(O)cc1F. The first-order valence-electron chi connectivity index (χ1n) is 14.6. The van der Waals surface area contributed by atoms with Crippen LogP contribution in [0, 0.1) is 11.6 Å². The highest BCUT2D eigenvalue weighted by Crippen LogP contribution is 2.31. The quantitative estimate of drug-likeness (QED) is 0.104. The molecule has 2 unspecified atom stereocenters. The molecule has 45 heavy (non-hydrogen) atoms. The van der Waals surface area contributed by atoms with E-state index in [2.05, 4.69) is 26.3 Å². The molecule has 0 aliphatic carbocycles. The zero-order chi connectivity index (χ0) is 32.3. The van der Waals surface area contributed by atoms with Crippen molar-refractivity contribution in [1.82, 2.24) is 26.2 Å². The number of phenolic OH excluding ortho intramolecular Hbond substituents is 1. The van der Waals surface area contributed by atoms with Crippen LogP contribution in [0.25, 0.3) is 0 Å². The van der Waals surface area contributed by atoms with Crippen LogP contribution >= 0.6 is 0 Å². The zero-order valence-corrected chi connectivity index (χ0v) is 24.9. The number of nitrogens with one attached hydrogen (secondary N) is 4. The second-order valence-corrected chi connectivity index (χ2v) is 10.5. The van der Waals surface area contributed by atoms with Gasteiger partial charge in [0.05, 0.1) is 0 Å². The molecule has 3 aromatic rings. The number of hydrogen-bond acceptors (Lipinski definition) is 6. The van der Waals surface area contributed by atoms with E-state index in [9.17, 15) is 28.3 Å². The summed E-state index contributed by atoms with van der Waals surface area (Å²) in [4.78, 5) is 45.1. The van der Waals surface area contributed by atoms with Crippen LogP contribution in [0.4, 0.5) is 13.6 Å². The molecule has 238 valence electrons. The van der Waals surface area contributed by atoms with E-state index in [1.807, 2.05) is 59.5 Å². The monoisotopic (exact) mass is 621 g/mol. The van der Waals surface area contributed by atoms with Gasteiger partial charge in [0, 0.05) is 50.4 Å². The number of guanidine groups is 1. The van der Waals surface area contributed by atoms with Gasteiger partial charge < -0.3 is 26.8 Å². The van der Waals surface area contributed by atoms with E-state index in [1.54, 1.807) is 6.92 Å². The minimum atomic E-state index is -1.09. The molecule has 7 N–H and O–H groups in total. The van der Waals surface area contributed by atoms with E-state index in [-0.39, 0.29) is 25.3 Å². The van der Waals surface area contributed by atoms with Crippen LogP contribution in [0.1, 0.15) is 48.1 Å². The number of nitrogens with two attached hydrogens (primary N) is 1. The number of carbonyl (C=O) groups excluding carboxylic acids is 3. The van der Waals surface area contributed by atoms with Crippen LogP contribution in [-0.2, 0) is 29.2 Å². The van der Waals surface area contributed by atoms with Gasteiger partial charge in [0.2, 0.25) is 11.8 Å². The average Bonchev–Trinajstić information content (AvgIpc) is 3.42. The number of amides is 4. The Morgan fingerprint density at radius 2 is 1.58 bits per heavy atom. The first-order chi connectivity index (χ1) is 21.7. The summed E-state index contributed by atoms with van der Waals surface area (Å²) in [6.07, 6.45) is 0.390. The van der Waals surface area contributed by atoms with Crippen molar-refractivity contribution in [2.75, 3.05) is 13.1 Å². The van der Waals surface area contributed by atoms with Gasteiger partial charge in [0.1, 0.15) is 29.5 Å². The van der Waals surface area contributed by atoms with E-state index in [0.29, 0.717) is 19.6 Å². The molecule has 0 saturated heterocycles. The maximum Gasteiger partial charge on any atom is 0.321 e. The molecule has 13 heteroatoms. The highest BCUT2D eigenvalue weighted by atomic mass is 19.1. The molecule has 1 aliphatic rings. The zero-order valence-electron chi connectivity index (χ0n) is 24.9. The summed E-state index contributed by atoms with van der Waals surface area (Å²) in [6.45, 7) is 2.84. The van der Waals surface area contributed by atoms with Crippen molar-refractivity contribution in [3.8, 4) is 5.75 Å². The summed E-state index contributed by atoms with van der Waals surface area (Å²) < 4.78 is 28.7. The van der Waals surface area contributed by atoms with Crippen LogP contribution in [0.5, 0.6) is 5.75 Å². The molecule has 4 rings (SSSR count). The number of fused-ring (bicyclic) bond motifs is 1. The van der Waals surface area contributed by atoms with Gasteiger partial charge in [-0.3, -0.25) is 24.8 Å². The number of nitrogens with zero attached hydrogens (tertiary/aromatic N) is 2. The fourth-order valence-electron chi connectivity index (χ4n) is 5.14. The summed E-state index contributed by atoms with van der Waals surface area (Å²) in [7, 11) is 0. The van der Waals surface area contributed by atoms with E-state index in [1.165, 1.54) is 0 Å². The number of hydrogen-bond donors (Lipinski definition) is 6. The molecule has 0 radical (unpaired) electrons. The van der Waals surface area contributed by atoms with E-state index in [0.717, 1.165) is 28.8 Å². The van der Waals surface area contributed by atoms with Crippen LogP contribution < -0.4 is 27.0 Å². The van der Waals surface area contributed by atoms with Crippen LogP contribution in [0.3, 0.4) is 0 Å². The van der Waals surface area contributed by atoms with Gasteiger partial charge in [-0.2, -0.15) is 0 Å². The van der Waals surface area contributed by atoms with Gasteiger partial charge >= 0.3 is 6.03 Å². The van der Waals surface area contributed by atoms with Crippen molar-refractivity contribution >= 4 is 23.8 Å². The third-order valence-corrected chi connectivity index (χ3v) is 7.30. The predicted octanol–water partition coefficient (Wildman–Crippen LogP) is 2.94. The van der Waals surface area contributed by atoms with Crippen molar-refractivity contribution in [3.05, 3.63) is 101 Å². The molecule has 0 saturated carbocycles. The second-order valence-electron chi connectivity index (χ2n) is 10.5. The number of aromatic hydroxyl groups is 1. The molecule has 1 aliphatic heterocycles. The summed E-state index contributed by atoms with van der Waals surface area (Å²) in [6, 6.07) is 16.3. The lowest BCUT2D eigenvalue weighted by Crippen LogP contribution is -2.50. The summed E-state index contributed by atoms with van der Waals surface area (Å²) in [5, 5.41) is 19.7. The summed E-state index contributed by atoms with van der Waals surface area (Å²) >= 11 is 0. The fraction of sp³-hybridized carbons (Fsp3) is 0.312. The first-order valence-corrected chi connectivity index (χ1v) is 14.6. The van der Waals surface area contributed by atoms with Crippen molar-refractivity contribution in [2.24, 2.45) is 10.7 Å². The lowest BCUT2D eigenvalue weighted by molar-refractivity contribution is -0.132. The summed E-state index contributed by atoms with van der Waals surface area (Å²) in [5.74, 6) is -3.81. The first kappa shape index (κ1) is 32.9. The molecular formula is C32H37F2N7O4. The smallest absolute Gasteiger partial charge is 0.321 e. The number of rotatable bonds is 12. The van der Waals surface area contributed by atoms with Crippen LogP contribution in [-0.4, -0.2) is 52.9 Å². The highest BCUT2D eigenvalue weighted by Gasteiger charge is 2.34. The number of benzene rings is 3. The Hall–Kier alpha value is -5.04. The Labute approximate surface area is 259 Å². The Morgan fingerprint density at radius 3 is 2.20 bits per heavy atom. The molecule has 3 aromatic carbocycles. The van der Waals surface area contributed by atoms with Gasteiger partial charge in [0.25, 0.3) is 0 Å². The number of carbonyl (C=O) groups is 3. The van der Waals surface area contributed by atoms with Gasteiger partial charge in [-0.15, -0.1) is 0 Å². The molecule has 0 spiro atoms. The van der Waals surface area contributed by atoms with Crippen molar-refractivity contribution in [3.63, 3.8) is 0 Å². The molecule has 4 amide bonds. The number of aliphatic imine (C=N–C) groups is 1. The van der Waals surface area contributed by atoms with E-state index >= 15 is 0 Å². The number of urea groups is 1. The third-order valence-electron chi connectivity index (χ3n) is 7.30. The average molecular weight is 622 g/mol. The normalized spacial score (nSPS) is 14.2. The van der Waals surface area contributed by atoms with Gasteiger partial charge in [-0.1, -0.05) is 54.6 Å². The molecule has 2 atom stereocenters. The lowest BCUT2D eigenvalue weighted by atomic mass is 10.0. The Balaban J connectivity index is 1.51. The highest BCUT2D eigenvalue weighted by molar-refractivity contribution is 5.95. The standard InChI is InChI=1S/C32H37F2N7O4/c1-2-36-32(45)40-31(35)37-14-8-13-27(29(43)38-17-24-25(33)15-23(42)16-26(24)34)39-30(44)28(20-9-4-3-5-10-20)41-18-21-11-6-7-12-22(21)19-41/h3-7,9-12,15-16,27-28,42H,2,8,13-14,17-19H2,1H3,(H,38,43)(H,39,44)(H4,35,36,37,40,45). The lowest BCUT2D eigenvalue weighted by Gasteiger charge is -2.29. The van der Waals surface area contributed by atoms with Gasteiger partial charge in [-0.25, -0.2) is 13.6 Å². The molecule has 0 fully saturated rings. The van der Waals surface area contributed by atoms with Crippen molar-refractivity contribution < 1.29 is 28.3 Å². The maximum atomic E-state index is 14.3. The molecule has 1 heterocycles.